The highest BCUT2D eigenvalue weighted by molar-refractivity contribution is 5.86. The molecule has 5 heterocycles. The second-order valence-corrected chi connectivity index (χ2v) is 11.9. The van der Waals surface area contributed by atoms with Crippen LogP contribution in [0, 0.1) is 5.92 Å². The van der Waals surface area contributed by atoms with Gasteiger partial charge in [0.1, 0.15) is 11.6 Å². The van der Waals surface area contributed by atoms with Gasteiger partial charge in [-0.1, -0.05) is 6.92 Å². The molecule has 2 aliphatic heterocycles. The summed E-state index contributed by atoms with van der Waals surface area (Å²) in [4.78, 5) is 23.0. The Kier molecular flexibility index (Phi) is 5.60. The monoisotopic (exact) mass is 503 g/mol. The van der Waals surface area contributed by atoms with Crippen LogP contribution in [0.5, 0.6) is 0 Å². The quantitative estimate of drug-likeness (QED) is 0.433. The molecule has 0 spiro atoms. The second-order valence-electron chi connectivity index (χ2n) is 11.9. The van der Waals surface area contributed by atoms with E-state index in [0.717, 1.165) is 68.3 Å². The molecule has 0 aromatic carbocycles. The summed E-state index contributed by atoms with van der Waals surface area (Å²) in [5.74, 6) is 3.01. The van der Waals surface area contributed by atoms with E-state index in [0.29, 0.717) is 11.8 Å². The van der Waals surface area contributed by atoms with Crippen molar-refractivity contribution in [1.82, 2.24) is 35.0 Å². The molecule has 1 amide bonds. The van der Waals surface area contributed by atoms with E-state index in [1.165, 1.54) is 32.2 Å². The number of anilines is 3. The van der Waals surface area contributed by atoms with Gasteiger partial charge >= 0.3 is 0 Å². The molecule has 196 valence electrons. The van der Waals surface area contributed by atoms with Crippen molar-refractivity contribution in [2.45, 2.75) is 75.8 Å². The Morgan fingerprint density at radius 3 is 2.89 bits per heavy atom. The number of piperidine rings is 1. The lowest BCUT2D eigenvalue weighted by Crippen LogP contribution is -2.53. The van der Waals surface area contributed by atoms with Crippen LogP contribution >= 0.6 is 0 Å². The molecule has 2 saturated heterocycles. The summed E-state index contributed by atoms with van der Waals surface area (Å²) in [5, 5.41) is 19.2. The minimum atomic E-state index is -0.244. The molecule has 0 unspecified atom stereocenters. The van der Waals surface area contributed by atoms with Crippen molar-refractivity contribution in [2.75, 3.05) is 36.4 Å². The molecule has 10 heteroatoms. The van der Waals surface area contributed by atoms with Gasteiger partial charge in [0.05, 0.1) is 0 Å². The molecule has 2 saturated carbocycles. The fourth-order valence-electron chi connectivity index (χ4n) is 5.99. The molecule has 37 heavy (non-hydrogen) atoms. The van der Waals surface area contributed by atoms with Crippen LogP contribution in [0.25, 0.3) is 5.52 Å². The van der Waals surface area contributed by atoms with Gasteiger partial charge in [0.15, 0.2) is 11.6 Å². The molecule has 3 aromatic rings. The first-order valence-electron chi connectivity index (χ1n) is 14.0. The first-order valence-corrected chi connectivity index (χ1v) is 14.0. The fourth-order valence-corrected chi connectivity index (χ4v) is 5.99. The van der Waals surface area contributed by atoms with Crippen LogP contribution < -0.4 is 15.5 Å². The molecule has 7 rings (SSSR count). The Hall–Kier alpha value is -3.14. The van der Waals surface area contributed by atoms with E-state index in [4.69, 9.17) is 10.1 Å². The maximum Gasteiger partial charge on any atom is 0.246 e. The van der Waals surface area contributed by atoms with Gasteiger partial charge in [0.2, 0.25) is 11.9 Å². The summed E-state index contributed by atoms with van der Waals surface area (Å²) in [6, 6.07) is 6.02. The van der Waals surface area contributed by atoms with Crippen molar-refractivity contribution in [3.8, 4) is 0 Å². The van der Waals surface area contributed by atoms with Gasteiger partial charge in [-0.25, -0.2) is 4.52 Å². The normalized spacial score (nSPS) is 25.5. The van der Waals surface area contributed by atoms with E-state index >= 15 is 0 Å². The molecule has 2 atom stereocenters. The predicted molar refractivity (Wildman–Crippen MR) is 142 cm³/mol. The van der Waals surface area contributed by atoms with Crippen molar-refractivity contribution >= 4 is 29.0 Å². The maximum atomic E-state index is 13.5. The van der Waals surface area contributed by atoms with Crippen LogP contribution in [-0.2, 0) is 10.2 Å². The number of nitrogens with one attached hydrogen (secondary N) is 3. The Balaban J connectivity index is 1.08. The summed E-state index contributed by atoms with van der Waals surface area (Å²) < 4.78 is 1.84. The number of aromatic nitrogens is 5. The highest BCUT2D eigenvalue weighted by Crippen LogP contribution is 2.47. The van der Waals surface area contributed by atoms with Crippen molar-refractivity contribution in [3.63, 3.8) is 0 Å². The highest BCUT2D eigenvalue weighted by Gasteiger charge is 2.41. The average Bonchev–Trinajstić information content (AvgIpc) is 3.62. The van der Waals surface area contributed by atoms with Crippen molar-refractivity contribution in [3.05, 3.63) is 30.1 Å². The first kappa shape index (κ1) is 23.0. The minimum absolute atomic E-state index is 0.108. The van der Waals surface area contributed by atoms with Gasteiger partial charge < -0.3 is 20.4 Å². The van der Waals surface area contributed by atoms with E-state index in [9.17, 15) is 4.79 Å². The van der Waals surface area contributed by atoms with Gasteiger partial charge in [-0.3, -0.25) is 9.89 Å². The largest absolute Gasteiger partial charge is 0.350 e. The number of fused-ring (bicyclic) bond motifs is 1. The Labute approximate surface area is 217 Å². The van der Waals surface area contributed by atoms with Crippen molar-refractivity contribution < 1.29 is 4.79 Å². The smallest absolute Gasteiger partial charge is 0.246 e. The maximum absolute atomic E-state index is 13.5. The molecule has 2 aliphatic carbocycles. The molecule has 4 fully saturated rings. The molecular weight excluding hydrogens is 466 g/mol. The lowest BCUT2D eigenvalue weighted by molar-refractivity contribution is -0.123. The van der Waals surface area contributed by atoms with E-state index in [-0.39, 0.29) is 23.4 Å². The zero-order valence-electron chi connectivity index (χ0n) is 21.6. The van der Waals surface area contributed by atoms with Gasteiger partial charge in [0.25, 0.3) is 0 Å². The number of carbonyl (C=O) groups excluding carboxylic acids is 1. The number of rotatable bonds is 8. The van der Waals surface area contributed by atoms with Crippen LogP contribution in [0.1, 0.15) is 64.0 Å². The van der Waals surface area contributed by atoms with Crippen molar-refractivity contribution in [1.29, 1.82) is 0 Å². The SMILES string of the molecule is CC1(c2cc(Nc3nc(N4CCC[C@H]4C(=O)N[C@@H]4CCCN(CC5CC5)C4)nn4cccc34)n[nH]2)CC1. The highest BCUT2D eigenvalue weighted by atomic mass is 16.2. The molecule has 3 aromatic heterocycles. The van der Waals surface area contributed by atoms with E-state index in [1.54, 1.807) is 0 Å². The second kappa shape index (κ2) is 9.01. The van der Waals surface area contributed by atoms with E-state index in [1.807, 2.05) is 22.8 Å². The van der Waals surface area contributed by atoms with Gasteiger partial charge in [-0.05, 0) is 76.0 Å². The zero-order valence-corrected chi connectivity index (χ0v) is 21.6. The number of likely N-dealkylation sites (tertiary alicyclic amines) is 1. The summed E-state index contributed by atoms with van der Waals surface area (Å²) >= 11 is 0. The van der Waals surface area contributed by atoms with Crippen LogP contribution in [0.4, 0.5) is 17.6 Å². The summed E-state index contributed by atoms with van der Waals surface area (Å²) in [6.45, 7) is 6.36. The summed E-state index contributed by atoms with van der Waals surface area (Å²) in [6.07, 6.45) is 11.0. The number of amides is 1. The van der Waals surface area contributed by atoms with E-state index < -0.39 is 0 Å². The van der Waals surface area contributed by atoms with Crippen LogP contribution in [0.2, 0.25) is 0 Å². The third kappa shape index (κ3) is 4.67. The molecule has 3 N–H and O–H groups in total. The lowest BCUT2D eigenvalue weighted by atomic mass is 10.0. The standard InChI is InChI=1S/C27H37N9O/c1-27(10-11-27)22-15-23(32-31-22)29-24-20-6-4-14-36(20)33-26(30-24)35-13-3-7-21(35)25(37)28-19-5-2-12-34(17-19)16-18-8-9-18/h4,6,14-15,18-19,21H,2-3,5,7-13,16-17H2,1H3,(H,28,37)(H2,29,30,31,32,33)/t19-,21+/m1/s1. The third-order valence-corrected chi connectivity index (χ3v) is 8.73. The van der Waals surface area contributed by atoms with Gasteiger partial charge in [-0.2, -0.15) is 10.1 Å². The number of carbonyl (C=O) groups is 1. The number of hydrogen-bond acceptors (Lipinski definition) is 7. The number of aromatic amines is 1. The van der Waals surface area contributed by atoms with Gasteiger partial charge in [0, 0.05) is 49.0 Å². The summed E-state index contributed by atoms with van der Waals surface area (Å²) in [7, 11) is 0. The molecule has 0 radical (unpaired) electrons. The molecule has 10 nitrogen and oxygen atoms in total. The molecule has 0 bridgehead atoms. The van der Waals surface area contributed by atoms with Crippen molar-refractivity contribution in [2.24, 2.45) is 5.92 Å². The third-order valence-electron chi connectivity index (χ3n) is 8.73. The number of nitrogens with zero attached hydrogens (tertiary/aromatic N) is 6. The summed E-state index contributed by atoms with van der Waals surface area (Å²) in [5.41, 5.74) is 2.26. The Morgan fingerprint density at radius 2 is 2.05 bits per heavy atom. The molecular formula is C27H37N9O. The minimum Gasteiger partial charge on any atom is -0.350 e. The fraction of sp³-hybridized carbons (Fsp3) is 0.630. The number of H-pyrrole nitrogens is 1. The van der Waals surface area contributed by atoms with Crippen LogP contribution in [0.15, 0.2) is 24.4 Å². The lowest BCUT2D eigenvalue weighted by Gasteiger charge is -2.34. The van der Waals surface area contributed by atoms with Crippen LogP contribution in [0.3, 0.4) is 0 Å². The average molecular weight is 504 g/mol. The predicted octanol–water partition coefficient (Wildman–Crippen LogP) is 3.21. The zero-order chi connectivity index (χ0) is 25.0. The van der Waals surface area contributed by atoms with Crippen LogP contribution in [-0.4, -0.2) is 73.9 Å². The van der Waals surface area contributed by atoms with Gasteiger partial charge in [-0.15, -0.1) is 5.10 Å². The topological polar surface area (TPSA) is 106 Å². The molecule has 4 aliphatic rings. The number of hydrogen-bond donors (Lipinski definition) is 3. The Morgan fingerprint density at radius 1 is 1.19 bits per heavy atom. The first-order chi connectivity index (χ1) is 18.0. The van der Waals surface area contributed by atoms with E-state index in [2.05, 4.69) is 43.6 Å². The Bertz CT molecular complexity index is 1290.